The second-order valence-electron chi connectivity index (χ2n) is 6.50. The Morgan fingerprint density at radius 3 is 2.30 bits per heavy atom. The number of Topliss-reactive ketones (excluding diaryl/α,β-unsaturated/α-hetero) is 2. The standard InChI is InChI=1S/C20H21FO6/c1-20(2,26-4)17-10-13(9-12-5-7-14(21)8-6-12)18(27-17)15(22)11-16(23)19(24)25-3/h5-8,10H,9,11H2,1-4H3. The molecule has 0 N–H and O–H groups in total. The molecule has 0 saturated carbocycles. The molecule has 7 heteroatoms. The molecule has 1 heterocycles. The third-order valence-corrected chi connectivity index (χ3v) is 4.21. The lowest BCUT2D eigenvalue weighted by atomic mass is 10.00. The number of rotatable bonds is 8. The Morgan fingerprint density at radius 1 is 1.11 bits per heavy atom. The first-order chi connectivity index (χ1) is 12.7. The lowest BCUT2D eigenvalue weighted by Gasteiger charge is -2.19. The maximum absolute atomic E-state index is 13.1. The van der Waals surface area contributed by atoms with Gasteiger partial charge in [-0.05, 0) is 37.6 Å². The molecule has 27 heavy (non-hydrogen) atoms. The second kappa shape index (κ2) is 8.26. The molecule has 0 spiro atoms. The smallest absolute Gasteiger partial charge is 0.374 e. The molecule has 0 aliphatic carbocycles. The molecular formula is C20H21FO6. The van der Waals surface area contributed by atoms with Crippen molar-refractivity contribution in [2.24, 2.45) is 0 Å². The minimum atomic E-state index is -1.09. The SMILES string of the molecule is COC(=O)C(=O)CC(=O)c1oc(C(C)(C)OC)cc1Cc1ccc(F)cc1. The van der Waals surface area contributed by atoms with E-state index in [1.165, 1.54) is 19.2 Å². The van der Waals surface area contributed by atoms with Gasteiger partial charge in [0, 0.05) is 19.1 Å². The first kappa shape index (κ1) is 20.5. The fourth-order valence-corrected chi connectivity index (χ4v) is 2.43. The zero-order chi connectivity index (χ0) is 20.2. The average Bonchev–Trinajstić information content (AvgIpc) is 3.07. The molecule has 0 saturated heterocycles. The van der Waals surface area contributed by atoms with Gasteiger partial charge in [-0.1, -0.05) is 12.1 Å². The third-order valence-electron chi connectivity index (χ3n) is 4.21. The minimum Gasteiger partial charge on any atom is -0.463 e. The maximum Gasteiger partial charge on any atom is 0.374 e. The summed E-state index contributed by atoms with van der Waals surface area (Å²) in [6.07, 6.45) is -0.374. The van der Waals surface area contributed by atoms with E-state index < -0.39 is 29.6 Å². The quantitative estimate of drug-likeness (QED) is 0.304. The van der Waals surface area contributed by atoms with Crippen LogP contribution in [0.1, 0.15) is 47.7 Å². The second-order valence-corrected chi connectivity index (χ2v) is 6.50. The molecule has 0 fully saturated rings. The highest BCUT2D eigenvalue weighted by molar-refractivity contribution is 6.38. The third kappa shape index (κ3) is 4.89. The summed E-state index contributed by atoms with van der Waals surface area (Å²) in [5, 5.41) is 0. The number of hydrogen-bond donors (Lipinski definition) is 0. The van der Waals surface area contributed by atoms with Gasteiger partial charge in [-0.2, -0.15) is 0 Å². The van der Waals surface area contributed by atoms with Crippen LogP contribution in [0.5, 0.6) is 0 Å². The van der Waals surface area contributed by atoms with Gasteiger partial charge in [0.2, 0.25) is 11.6 Å². The number of esters is 1. The van der Waals surface area contributed by atoms with Crippen LogP contribution in [-0.2, 0) is 31.1 Å². The summed E-state index contributed by atoms with van der Waals surface area (Å²) in [4.78, 5) is 35.6. The van der Waals surface area contributed by atoms with Gasteiger partial charge in [0.15, 0.2) is 5.76 Å². The maximum atomic E-state index is 13.1. The molecule has 0 unspecified atom stereocenters. The summed E-state index contributed by atoms with van der Waals surface area (Å²) < 4.78 is 28.5. The van der Waals surface area contributed by atoms with Crippen molar-refractivity contribution in [1.82, 2.24) is 0 Å². The summed E-state index contributed by atoms with van der Waals surface area (Å²) in [6, 6.07) is 7.49. The van der Waals surface area contributed by atoms with E-state index in [4.69, 9.17) is 9.15 Å². The van der Waals surface area contributed by atoms with Crippen LogP contribution in [0.15, 0.2) is 34.7 Å². The number of benzene rings is 1. The van der Waals surface area contributed by atoms with E-state index in [9.17, 15) is 18.8 Å². The van der Waals surface area contributed by atoms with E-state index in [1.807, 2.05) is 0 Å². The molecule has 0 aliphatic rings. The summed E-state index contributed by atoms with van der Waals surface area (Å²) in [5.74, 6) is -2.69. The molecule has 2 aromatic rings. The number of furan rings is 1. The molecule has 144 valence electrons. The number of carbonyl (C=O) groups is 3. The normalized spacial score (nSPS) is 11.3. The highest BCUT2D eigenvalue weighted by atomic mass is 19.1. The van der Waals surface area contributed by atoms with Crippen LogP contribution in [0.4, 0.5) is 4.39 Å². The molecule has 0 atom stereocenters. The van der Waals surface area contributed by atoms with E-state index in [-0.39, 0.29) is 18.0 Å². The topological polar surface area (TPSA) is 82.8 Å². The zero-order valence-electron chi connectivity index (χ0n) is 15.6. The summed E-state index contributed by atoms with van der Waals surface area (Å²) in [6.45, 7) is 3.53. The van der Waals surface area contributed by atoms with Crippen LogP contribution in [-0.4, -0.2) is 31.8 Å². The molecule has 1 aromatic heterocycles. The lowest BCUT2D eigenvalue weighted by molar-refractivity contribution is -0.151. The van der Waals surface area contributed by atoms with Crippen LogP contribution in [0.2, 0.25) is 0 Å². The molecule has 0 radical (unpaired) electrons. The van der Waals surface area contributed by atoms with Gasteiger partial charge in [0.05, 0.1) is 13.5 Å². The fraction of sp³-hybridized carbons (Fsp3) is 0.350. The van der Waals surface area contributed by atoms with Gasteiger partial charge < -0.3 is 13.9 Å². The number of methoxy groups -OCH3 is 2. The Morgan fingerprint density at radius 2 is 1.74 bits per heavy atom. The molecule has 1 aromatic carbocycles. The largest absolute Gasteiger partial charge is 0.463 e. The van der Waals surface area contributed by atoms with Crippen molar-refractivity contribution in [3.8, 4) is 0 Å². The van der Waals surface area contributed by atoms with Crippen LogP contribution >= 0.6 is 0 Å². The predicted molar refractivity (Wildman–Crippen MR) is 93.9 cm³/mol. The first-order valence-electron chi connectivity index (χ1n) is 8.25. The number of ether oxygens (including phenoxy) is 2. The molecule has 0 aliphatic heterocycles. The Balaban J connectivity index is 2.38. The van der Waals surface area contributed by atoms with Crippen molar-refractivity contribution in [2.75, 3.05) is 14.2 Å². The Bertz CT molecular complexity index is 848. The number of carbonyl (C=O) groups excluding carboxylic acids is 3. The van der Waals surface area contributed by atoms with Crippen molar-refractivity contribution in [1.29, 1.82) is 0 Å². The van der Waals surface area contributed by atoms with E-state index >= 15 is 0 Å². The van der Waals surface area contributed by atoms with Gasteiger partial charge in [0.1, 0.15) is 17.2 Å². The van der Waals surface area contributed by atoms with Crippen LogP contribution in [0, 0.1) is 5.82 Å². The number of hydrogen-bond acceptors (Lipinski definition) is 6. The molecular weight excluding hydrogens is 355 g/mol. The molecule has 6 nitrogen and oxygen atoms in total. The van der Waals surface area contributed by atoms with Gasteiger partial charge in [-0.15, -0.1) is 0 Å². The Hall–Kier alpha value is -2.80. The lowest BCUT2D eigenvalue weighted by Crippen LogP contribution is -2.20. The molecule has 2 rings (SSSR count). The minimum absolute atomic E-state index is 0.0308. The van der Waals surface area contributed by atoms with Gasteiger partial charge in [-0.25, -0.2) is 9.18 Å². The molecule has 0 amide bonds. The first-order valence-corrected chi connectivity index (χ1v) is 8.25. The zero-order valence-corrected chi connectivity index (χ0v) is 15.6. The number of halogens is 1. The van der Waals surface area contributed by atoms with Crippen LogP contribution in [0.25, 0.3) is 0 Å². The van der Waals surface area contributed by atoms with E-state index in [1.54, 1.807) is 32.0 Å². The average molecular weight is 376 g/mol. The Labute approximate surface area is 156 Å². The van der Waals surface area contributed by atoms with Gasteiger partial charge in [-0.3, -0.25) is 9.59 Å². The van der Waals surface area contributed by atoms with E-state index in [0.717, 1.165) is 12.7 Å². The monoisotopic (exact) mass is 376 g/mol. The van der Waals surface area contributed by atoms with Crippen molar-refractivity contribution in [3.63, 3.8) is 0 Å². The summed E-state index contributed by atoms with van der Waals surface area (Å²) in [7, 11) is 2.57. The summed E-state index contributed by atoms with van der Waals surface area (Å²) >= 11 is 0. The van der Waals surface area contributed by atoms with Crippen molar-refractivity contribution in [2.45, 2.75) is 32.3 Å². The van der Waals surface area contributed by atoms with Crippen molar-refractivity contribution >= 4 is 17.5 Å². The van der Waals surface area contributed by atoms with Crippen molar-refractivity contribution < 1.29 is 32.7 Å². The Kier molecular flexibility index (Phi) is 6.28. The highest BCUT2D eigenvalue weighted by Crippen LogP contribution is 2.30. The van der Waals surface area contributed by atoms with Crippen LogP contribution in [0.3, 0.4) is 0 Å². The van der Waals surface area contributed by atoms with Crippen LogP contribution < -0.4 is 0 Å². The van der Waals surface area contributed by atoms with Gasteiger partial charge >= 0.3 is 5.97 Å². The van der Waals surface area contributed by atoms with Crippen molar-refractivity contribution in [3.05, 3.63) is 58.8 Å². The predicted octanol–water partition coefficient (Wildman–Crippen LogP) is 3.21. The fourth-order valence-electron chi connectivity index (χ4n) is 2.43. The van der Waals surface area contributed by atoms with E-state index in [2.05, 4.69) is 4.74 Å². The van der Waals surface area contributed by atoms with Gasteiger partial charge in [0.25, 0.3) is 0 Å². The van der Waals surface area contributed by atoms with E-state index in [0.29, 0.717) is 11.3 Å². The molecule has 0 bridgehead atoms. The highest BCUT2D eigenvalue weighted by Gasteiger charge is 2.30. The number of ketones is 2. The summed E-state index contributed by atoms with van der Waals surface area (Å²) in [5.41, 5.74) is 0.472.